The fraction of sp³-hybridized carbons (Fsp3) is 0.811. The maximum atomic E-state index is 11.7. The topological polar surface area (TPSA) is 51.5 Å². The van der Waals surface area contributed by atoms with Gasteiger partial charge in [0.1, 0.15) is 5.75 Å². The molecule has 142 heavy (non-hydrogen) atoms. The highest BCUT2D eigenvalue weighted by atomic mass is 33.1. The first-order valence-electron chi connectivity index (χ1n) is 56.3. The first kappa shape index (κ1) is 157. The van der Waals surface area contributed by atoms with E-state index in [0.717, 1.165) is 112 Å². The highest BCUT2D eigenvalue weighted by molar-refractivity contribution is 8.79. The molecule has 6 rings (SSSR count). The number of furan rings is 1. The monoisotopic (exact) mass is 2270 g/mol. The van der Waals surface area contributed by atoms with Crippen LogP contribution in [0.3, 0.4) is 0 Å². The van der Waals surface area contributed by atoms with E-state index in [9.17, 15) is 4.79 Å². The molecule has 0 radical (unpaired) electrons. The standard InChI is InChI=1S/C16H33NOS2.C15H24S2.C15H32S2.C13H22OS2.C13H20OS2.C13H20S2.C13H26S2.C12H24S2.C4H10.4C2H6/c1-13(2)9-7-8-12-19-20-16(5,6)11-10-15(18)17-14(3)4;1-12(2)10-13-8-6-7-9-14(13)11-16-17-15(3,4)5;1-13(2)11-9-7-8-10-12-16-17-15(5,6)14(3)4;1-10(2)6-11-7-14-8-12(11)9-15-16-13(3,4)5;1-10(2)9-14-12-7-5-6-8-13(12)16-15-11(3)4;1-10(2)9-12-5-7-13(8-6-12)15-14-11(3)4;1-12(2)8-6-7-11-14-15-13-9-4-3-5-10-13;1-8(2)6-7-11-10(5)13-14-12(11)9(3)4;1-4(2)3;4*1-2/h13-14H,7-12H2,1-6H3,(H,17,18);6-9,12H,10-11H2,1-5H3;13-14H,7-12H2,1-6H3;7-8,10H,6,9H2,1-5H3;5-8,10-11H,9H2,1-4H3;5-8,10-11H,9H2,1-4H3;12-13H,3-11H2,1-2H3;8-12H,6-7H2,1-5H3;4H,1-3H3;4*1-2H3. The van der Waals surface area contributed by atoms with E-state index in [1.807, 2.05) is 191 Å². The Labute approximate surface area is 954 Å². The molecule has 2 heterocycles. The number of carbonyl (C=O) groups is 1. The van der Waals surface area contributed by atoms with Gasteiger partial charge in [-0.2, -0.15) is 0 Å². The van der Waals surface area contributed by atoms with Gasteiger partial charge in [0.25, 0.3) is 0 Å². The van der Waals surface area contributed by atoms with E-state index in [-0.39, 0.29) is 16.7 Å². The molecule has 1 aliphatic heterocycles. The van der Waals surface area contributed by atoms with E-state index < -0.39 is 0 Å². The van der Waals surface area contributed by atoms with Gasteiger partial charge in [0.05, 0.1) is 24.0 Å². The van der Waals surface area contributed by atoms with Crippen LogP contribution in [-0.4, -0.2) is 81.1 Å². The summed E-state index contributed by atoms with van der Waals surface area (Å²) < 4.78 is 12.4. The molecular formula is C122H235NO3S16. The van der Waals surface area contributed by atoms with Crippen LogP contribution in [0.5, 0.6) is 5.75 Å². The molecule has 1 saturated heterocycles. The van der Waals surface area contributed by atoms with Crippen molar-refractivity contribution < 1.29 is 13.9 Å². The van der Waals surface area contributed by atoms with Gasteiger partial charge in [-0.15, -0.1) is 0 Å². The maximum absolute atomic E-state index is 11.7. The Morgan fingerprint density at radius 3 is 1.32 bits per heavy atom. The second kappa shape index (κ2) is 101. The number of hydrogen-bond donors (Lipinski definition) is 1. The Kier molecular flexibility index (Phi) is 111. The molecule has 3 unspecified atom stereocenters. The van der Waals surface area contributed by atoms with E-state index in [0.29, 0.717) is 43.0 Å². The molecule has 2 fully saturated rings. The zero-order valence-corrected chi connectivity index (χ0v) is 115. The Balaban J connectivity index is -0.000000289. The van der Waals surface area contributed by atoms with Gasteiger partial charge < -0.3 is 14.5 Å². The van der Waals surface area contributed by atoms with Gasteiger partial charge in [-0.1, -0.05) is 589 Å². The summed E-state index contributed by atoms with van der Waals surface area (Å²) in [6, 6.07) is 26.3. The number of para-hydroxylation sites is 1. The predicted molar refractivity (Wildman–Crippen MR) is 703 cm³/mol. The summed E-state index contributed by atoms with van der Waals surface area (Å²) in [5.74, 6) is 16.8. The van der Waals surface area contributed by atoms with Crippen LogP contribution in [-0.2, 0) is 35.6 Å². The lowest BCUT2D eigenvalue weighted by molar-refractivity contribution is -0.121. The Morgan fingerprint density at radius 2 is 0.866 bits per heavy atom. The molecule has 1 amide bonds. The molecular weight excluding hydrogens is 2040 g/mol. The van der Waals surface area contributed by atoms with Crippen LogP contribution in [0.2, 0.25) is 0 Å². The van der Waals surface area contributed by atoms with E-state index in [1.165, 1.54) is 183 Å². The number of nitrogens with one attached hydrogen (secondary N) is 1. The lowest BCUT2D eigenvalue weighted by Gasteiger charge is -2.27. The van der Waals surface area contributed by atoms with Crippen LogP contribution in [0.1, 0.15) is 489 Å². The number of carbonyl (C=O) groups excluding carboxylic acids is 1. The molecule has 0 bridgehead atoms. The molecule has 1 N–H and O–H groups in total. The van der Waals surface area contributed by atoms with Crippen LogP contribution in [0.4, 0.5) is 0 Å². The van der Waals surface area contributed by atoms with Crippen molar-refractivity contribution in [3.05, 3.63) is 113 Å². The molecule has 3 atom stereocenters. The van der Waals surface area contributed by atoms with Crippen LogP contribution >= 0.6 is 173 Å². The second-order valence-electron chi connectivity index (χ2n) is 45.2. The number of unbranched alkanes of at least 4 members (excludes halogenated alkanes) is 5. The number of amides is 1. The summed E-state index contributed by atoms with van der Waals surface area (Å²) in [6.45, 7) is 107. The Hall–Kier alpha value is 1.81. The first-order valence-corrected chi connectivity index (χ1v) is 74.6. The highest BCUT2D eigenvalue weighted by Gasteiger charge is 2.36. The molecule has 0 spiro atoms. The maximum Gasteiger partial charge on any atom is 0.220 e. The molecule has 1 aliphatic carbocycles. The normalized spacial score (nSPS) is 14.2. The van der Waals surface area contributed by atoms with Crippen molar-refractivity contribution in [2.24, 2.45) is 71.0 Å². The van der Waals surface area contributed by atoms with Crippen LogP contribution < -0.4 is 10.1 Å². The SMILES string of the molecule is CC.CC.CC.CC.CC(C)C.CC(C)CCC1C(C)SSC1C(C)C.CC(C)CCCCCCSSC(C)(C)C(C)C.CC(C)CCCCSSC(C)(C)CCC(=O)NC(C)C.CC(C)CCCCSSC1CCCCC1.CC(C)COc1ccccc1SSC(C)C.CC(C)Cc1ccc(SSC(C)C)cc1.CC(C)Cc1ccccc1CSSC(C)(C)C.CC(C)Cc1cocc1CSSC(C)(C)C. The molecule has 1 saturated carbocycles. The van der Waals surface area contributed by atoms with Crippen molar-refractivity contribution in [3.63, 3.8) is 0 Å². The van der Waals surface area contributed by atoms with E-state index in [2.05, 4.69) is 394 Å². The summed E-state index contributed by atoms with van der Waals surface area (Å²) in [6.07, 6.45) is 34.4. The minimum atomic E-state index is 0.176. The third-order valence-electron chi connectivity index (χ3n) is 20.4. The smallest absolute Gasteiger partial charge is 0.220 e. The third kappa shape index (κ3) is 107. The highest BCUT2D eigenvalue weighted by Crippen LogP contribution is 2.52. The van der Waals surface area contributed by atoms with Gasteiger partial charge in [0.15, 0.2) is 0 Å². The van der Waals surface area contributed by atoms with Crippen LogP contribution in [0.25, 0.3) is 0 Å². The average Bonchev–Trinajstić information content (AvgIpc) is 1.69. The van der Waals surface area contributed by atoms with Crippen molar-refractivity contribution in [1.29, 1.82) is 0 Å². The van der Waals surface area contributed by atoms with Crippen molar-refractivity contribution in [1.82, 2.24) is 5.32 Å². The Bertz CT molecular complexity index is 3260. The lowest BCUT2D eigenvalue weighted by atomic mass is 9.87. The molecule has 2 aliphatic rings. The van der Waals surface area contributed by atoms with Gasteiger partial charge in [-0.25, -0.2) is 0 Å². The Morgan fingerprint density at radius 1 is 0.437 bits per heavy atom. The lowest BCUT2D eigenvalue weighted by Crippen LogP contribution is -2.31. The summed E-state index contributed by atoms with van der Waals surface area (Å²) in [4.78, 5) is 14.2. The summed E-state index contributed by atoms with van der Waals surface area (Å²) in [7, 11) is 31.8. The van der Waals surface area contributed by atoms with Gasteiger partial charge >= 0.3 is 0 Å². The quantitative estimate of drug-likeness (QED) is 0.0337. The fourth-order valence-corrected chi connectivity index (χ4v) is 33.8. The van der Waals surface area contributed by atoms with Gasteiger partial charge in [0.2, 0.25) is 5.91 Å². The predicted octanol–water partition coefficient (Wildman–Crippen LogP) is 48.5. The van der Waals surface area contributed by atoms with Crippen molar-refractivity contribution >= 4 is 179 Å². The van der Waals surface area contributed by atoms with Gasteiger partial charge in [-0.3, -0.25) is 4.79 Å². The van der Waals surface area contributed by atoms with Crippen LogP contribution in [0, 0.1) is 71.0 Å². The number of benzene rings is 3. The molecule has 1 aromatic heterocycles. The van der Waals surface area contributed by atoms with Gasteiger partial charge in [0, 0.05) is 96.9 Å². The third-order valence-corrected chi connectivity index (χ3v) is 46.7. The molecule has 4 aromatic rings. The van der Waals surface area contributed by atoms with E-state index in [1.54, 1.807) is 10.8 Å². The number of rotatable bonds is 53. The van der Waals surface area contributed by atoms with E-state index in [4.69, 9.17) is 9.15 Å². The van der Waals surface area contributed by atoms with Crippen LogP contribution in [0.15, 0.2) is 99.5 Å². The number of hydrogen-bond acceptors (Lipinski definition) is 19. The summed E-state index contributed by atoms with van der Waals surface area (Å²) in [5.41, 5.74) is 7.20. The first-order chi connectivity index (χ1) is 66.6. The van der Waals surface area contributed by atoms with E-state index >= 15 is 0 Å². The van der Waals surface area contributed by atoms with Crippen molar-refractivity contribution in [2.75, 3.05) is 23.9 Å². The summed E-state index contributed by atoms with van der Waals surface area (Å²) >= 11 is 0. The second-order valence-corrected chi connectivity index (χ2v) is 69.0. The molecule has 4 nitrogen and oxygen atoms in total. The van der Waals surface area contributed by atoms with Crippen molar-refractivity contribution in [3.8, 4) is 5.75 Å². The average molecular weight is 2280 g/mol. The zero-order chi connectivity index (χ0) is 110. The zero-order valence-electron chi connectivity index (χ0n) is 102. The molecule has 842 valence electrons. The minimum absolute atomic E-state index is 0.176. The largest absolute Gasteiger partial charge is 0.492 e. The van der Waals surface area contributed by atoms with Crippen molar-refractivity contribution in [2.45, 2.75) is 553 Å². The molecule has 3 aromatic carbocycles. The molecule has 20 heteroatoms. The minimum Gasteiger partial charge on any atom is -0.492 e. The summed E-state index contributed by atoms with van der Waals surface area (Å²) in [5, 5.41) is 7.01. The van der Waals surface area contributed by atoms with Gasteiger partial charge in [-0.05, 0) is 223 Å². The fourth-order valence-electron chi connectivity index (χ4n) is 12.6. The number of ether oxygens (including phenoxy) is 1.